The Hall–Kier alpha value is -3.33. The van der Waals surface area contributed by atoms with Crippen molar-refractivity contribution < 1.29 is 17.9 Å². The SMILES string of the molecule is FC(F)(F)Oc1ccc(N2CCC[C@H](NC3CCCCC3Nc3nccc(-c4ccccc4)n3)C2)cc1. The van der Waals surface area contributed by atoms with E-state index in [0.29, 0.717) is 18.0 Å². The first-order valence-corrected chi connectivity index (χ1v) is 12.9. The normalized spacial score (nSPS) is 22.5. The number of piperidine rings is 1. The van der Waals surface area contributed by atoms with Crippen LogP contribution in [0.5, 0.6) is 5.75 Å². The van der Waals surface area contributed by atoms with Crippen LogP contribution < -0.4 is 20.3 Å². The molecule has 0 radical (unpaired) electrons. The standard InChI is InChI=1S/C28H32F3N5O/c29-28(30,31)37-23-14-12-22(13-15-23)36-18-6-9-21(19-36)33-25-10-4-5-11-26(25)35-27-32-17-16-24(34-27)20-7-2-1-3-8-20/h1-3,7-8,12-17,21,25-26,33H,4-6,9-11,18-19H2,(H,32,34,35)/t21-,25?,26?/m0/s1. The maximum absolute atomic E-state index is 12.5. The number of anilines is 2. The van der Waals surface area contributed by atoms with Crippen molar-refractivity contribution in [3.63, 3.8) is 0 Å². The summed E-state index contributed by atoms with van der Waals surface area (Å²) >= 11 is 0. The highest BCUT2D eigenvalue weighted by molar-refractivity contribution is 5.59. The molecule has 1 aliphatic carbocycles. The molecular weight excluding hydrogens is 479 g/mol. The van der Waals surface area contributed by atoms with Gasteiger partial charge in [0.05, 0.1) is 5.69 Å². The maximum atomic E-state index is 12.5. The van der Waals surface area contributed by atoms with Gasteiger partial charge in [0.25, 0.3) is 0 Å². The maximum Gasteiger partial charge on any atom is 0.573 e. The van der Waals surface area contributed by atoms with Crippen molar-refractivity contribution in [1.29, 1.82) is 0 Å². The highest BCUT2D eigenvalue weighted by Gasteiger charge is 2.32. The Bertz CT molecular complexity index is 1140. The smallest absolute Gasteiger partial charge is 0.406 e. The fourth-order valence-corrected chi connectivity index (χ4v) is 5.38. The second-order valence-corrected chi connectivity index (χ2v) is 9.77. The third-order valence-corrected chi connectivity index (χ3v) is 7.11. The summed E-state index contributed by atoms with van der Waals surface area (Å²) < 4.78 is 41.5. The summed E-state index contributed by atoms with van der Waals surface area (Å²) in [5.41, 5.74) is 2.87. The molecule has 1 saturated heterocycles. The molecule has 2 N–H and O–H groups in total. The Morgan fingerprint density at radius 3 is 2.38 bits per heavy atom. The minimum Gasteiger partial charge on any atom is -0.406 e. The van der Waals surface area contributed by atoms with Gasteiger partial charge in [-0.3, -0.25) is 0 Å². The van der Waals surface area contributed by atoms with Gasteiger partial charge in [-0.25, -0.2) is 9.97 Å². The molecule has 6 nitrogen and oxygen atoms in total. The third kappa shape index (κ3) is 6.91. The van der Waals surface area contributed by atoms with Crippen LogP contribution in [0.4, 0.5) is 24.8 Å². The average molecular weight is 512 g/mol. The van der Waals surface area contributed by atoms with Crippen LogP contribution in [0.1, 0.15) is 38.5 Å². The number of halogens is 3. The summed E-state index contributed by atoms with van der Waals surface area (Å²) in [6.45, 7) is 1.69. The highest BCUT2D eigenvalue weighted by atomic mass is 19.4. The van der Waals surface area contributed by atoms with Crippen molar-refractivity contribution in [3.05, 3.63) is 66.9 Å². The zero-order valence-corrected chi connectivity index (χ0v) is 20.6. The lowest BCUT2D eigenvalue weighted by atomic mass is 9.89. The number of benzene rings is 2. The van der Waals surface area contributed by atoms with E-state index in [1.165, 1.54) is 18.6 Å². The van der Waals surface area contributed by atoms with E-state index < -0.39 is 6.36 Å². The summed E-state index contributed by atoms with van der Waals surface area (Å²) in [6, 6.07) is 19.0. The molecule has 2 heterocycles. The summed E-state index contributed by atoms with van der Waals surface area (Å²) in [5.74, 6) is 0.448. The van der Waals surface area contributed by atoms with E-state index in [0.717, 1.165) is 62.1 Å². The lowest BCUT2D eigenvalue weighted by Crippen LogP contribution is -2.55. The molecule has 1 aromatic heterocycles. The van der Waals surface area contributed by atoms with Crippen molar-refractivity contribution in [3.8, 4) is 17.0 Å². The van der Waals surface area contributed by atoms with Crippen LogP contribution in [0.25, 0.3) is 11.3 Å². The fourth-order valence-electron chi connectivity index (χ4n) is 5.38. The monoisotopic (exact) mass is 511 g/mol. The van der Waals surface area contributed by atoms with E-state index in [1.807, 2.05) is 36.4 Å². The Morgan fingerprint density at radius 2 is 1.62 bits per heavy atom. The molecule has 37 heavy (non-hydrogen) atoms. The topological polar surface area (TPSA) is 62.3 Å². The van der Waals surface area contributed by atoms with Crippen LogP contribution in [0.3, 0.4) is 0 Å². The minimum atomic E-state index is -4.68. The number of alkyl halides is 3. The molecule has 3 atom stereocenters. The first-order valence-electron chi connectivity index (χ1n) is 12.9. The zero-order chi connectivity index (χ0) is 25.7. The highest BCUT2D eigenvalue weighted by Crippen LogP contribution is 2.28. The predicted molar refractivity (Wildman–Crippen MR) is 139 cm³/mol. The van der Waals surface area contributed by atoms with Gasteiger partial charge in [-0.2, -0.15) is 0 Å². The molecule has 0 spiro atoms. The average Bonchev–Trinajstić information content (AvgIpc) is 2.90. The molecule has 5 rings (SSSR count). The molecular formula is C28H32F3N5O. The van der Waals surface area contributed by atoms with Gasteiger partial charge in [-0.15, -0.1) is 13.2 Å². The summed E-state index contributed by atoms with van der Waals surface area (Å²) in [4.78, 5) is 11.5. The summed E-state index contributed by atoms with van der Waals surface area (Å²) in [6.07, 6.45) is 3.67. The zero-order valence-electron chi connectivity index (χ0n) is 20.6. The number of ether oxygens (including phenoxy) is 1. The second-order valence-electron chi connectivity index (χ2n) is 9.77. The fraction of sp³-hybridized carbons (Fsp3) is 0.429. The molecule has 2 aliphatic rings. The lowest BCUT2D eigenvalue weighted by Gasteiger charge is -2.40. The second kappa shape index (κ2) is 11.4. The number of rotatable bonds is 7. The molecule has 9 heteroatoms. The Morgan fingerprint density at radius 1 is 0.865 bits per heavy atom. The Balaban J connectivity index is 1.21. The van der Waals surface area contributed by atoms with Crippen molar-refractivity contribution in [2.24, 2.45) is 0 Å². The number of hydrogen-bond acceptors (Lipinski definition) is 6. The quantitative estimate of drug-likeness (QED) is 0.404. The van der Waals surface area contributed by atoms with Crippen LogP contribution in [-0.2, 0) is 0 Å². The molecule has 1 saturated carbocycles. The molecule has 196 valence electrons. The van der Waals surface area contributed by atoms with E-state index in [-0.39, 0.29) is 11.8 Å². The van der Waals surface area contributed by atoms with Gasteiger partial charge in [0.2, 0.25) is 5.95 Å². The summed E-state index contributed by atoms with van der Waals surface area (Å²) in [7, 11) is 0. The van der Waals surface area contributed by atoms with Gasteiger partial charge >= 0.3 is 6.36 Å². The third-order valence-electron chi connectivity index (χ3n) is 7.11. The number of aromatic nitrogens is 2. The molecule has 0 amide bonds. The molecule has 2 unspecified atom stereocenters. The van der Waals surface area contributed by atoms with Crippen molar-refractivity contribution in [2.45, 2.75) is 63.0 Å². The van der Waals surface area contributed by atoms with E-state index in [9.17, 15) is 13.2 Å². The van der Waals surface area contributed by atoms with E-state index in [2.05, 4.69) is 25.3 Å². The van der Waals surface area contributed by atoms with Crippen molar-refractivity contribution >= 4 is 11.6 Å². The molecule has 1 aliphatic heterocycles. The van der Waals surface area contributed by atoms with Crippen LogP contribution in [0.2, 0.25) is 0 Å². The Kier molecular flexibility index (Phi) is 7.79. The largest absolute Gasteiger partial charge is 0.573 e. The van der Waals surface area contributed by atoms with E-state index >= 15 is 0 Å². The minimum absolute atomic E-state index is 0.197. The van der Waals surface area contributed by atoms with Crippen LogP contribution in [0, 0.1) is 0 Å². The molecule has 2 aromatic carbocycles. The van der Waals surface area contributed by atoms with Gasteiger partial charge in [-0.1, -0.05) is 43.2 Å². The van der Waals surface area contributed by atoms with Gasteiger partial charge < -0.3 is 20.3 Å². The lowest BCUT2D eigenvalue weighted by molar-refractivity contribution is -0.274. The molecule has 2 fully saturated rings. The Labute approximate surface area is 215 Å². The number of hydrogen-bond donors (Lipinski definition) is 2. The van der Waals surface area contributed by atoms with Crippen molar-refractivity contribution in [2.75, 3.05) is 23.3 Å². The van der Waals surface area contributed by atoms with Gasteiger partial charge in [0.1, 0.15) is 5.75 Å². The van der Waals surface area contributed by atoms with Gasteiger partial charge in [-0.05, 0) is 56.0 Å². The molecule has 3 aromatic rings. The van der Waals surface area contributed by atoms with E-state index in [1.54, 1.807) is 18.3 Å². The predicted octanol–water partition coefficient (Wildman–Crippen LogP) is 6.02. The van der Waals surface area contributed by atoms with Crippen LogP contribution in [0.15, 0.2) is 66.9 Å². The van der Waals surface area contributed by atoms with Crippen LogP contribution >= 0.6 is 0 Å². The molecule has 0 bridgehead atoms. The van der Waals surface area contributed by atoms with Gasteiger partial charge in [0.15, 0.2) is 0 Å². The number of nitrogens with one attached hydrogen (secondary N) is 2. The van der Waals surface area contributed by atoms with E-state index in [4.69, 9.17) is 4.98 Å². The number of nitrogens with zero attached hydrogens (tertiary/aromatic N) is 3. The van der Waals surface area contributed by atoms with Crippen LogP contribution in [-0.4, -0.2) is 47.5 Å². The first kappa shape index (κ1) is 25.3. The summed E-state index contributed by atoms with van der Waals surface area (Å²) in [5, 5.41) is 7.48. The first-order chi connectivity index (χ1) is 17.9. The van der Waals surface area contributed by atoms with Gasteiger partial charge in [0, 0.05) is 48.7 Å². The van der Waals surface area contributed by atoms with Crippen molar-refractivity contribution in [1.82, 2.24) is 15.3 Å².